The normalized spacial score (nSPS) is 14.8. The van der Waals surface area contributed by atoms with Crippen molar-refractivity contribution >= 4 is 28.7 Å². The van der Waals surface area contributed by atoms with Crippen LogP contribution >= 0.6 is 0 Å². The van der Waals surface area contributed by atoms with Gasteiger partial charge in [-0.25, -0.2) is 4.79 Å². The summed E-state index contributed by atoms with van der Waals surface area (Å²) in [5, 5.41) is 1.12. The lowest BCUT2D eigenvalue weighted by molar-refractivity contribution is -0.130. The highest BCUT2D eigenvalue weighted by Gasteiger charge is 2.22. The molecule has 0 unspecified atom stereocenters. The number of para-hydroxylation sites is 1. The van der Waals surface area contributed by atoms with Gasteiger partial charge in [0.25, 0.3) is 0 Å². The van der Waals surface area contributed by atoms with E-state index in [1.54, 1.807) is 0 Å². The van der Waals surface area contributed by atoms with Crippen molar-refractivity contribution in [1.29, 1.82) is 0 Å². The van der Waals surface area contributed by atoms with Crippen LogP contribution in [-0.2, 0) is 16.1 Å². The average Bonchev–Trinajstić information content (AvgIpc) is 3.30. The summed E-state index contributed by atoms with van der Waals surface area (Å²) < 4.78 is 7.78. The molecule has 0 radical (unpaired) electrons. The molecule has 1 aromatic heterocycles. The van der Waals surface area contributed by atoms with Gasteiger partial charge in [0.15, 0.2) is 0 Å². The third-order valence-corrected chi connectivity index (χ3v) is 5.63. The van der Waals surface area contributed by atoms with Gasteiger partial charge >= 0.3 is 5.97 Å². The number of aromatic nitrogens is 1. The van der Waals surface area contributed by atoms with Crippen LogP contribution in [0.3, 0.4) is 0 Å². The number of hydrogen-bond acceptors (Lipinski definition) is 2. The molecule has 0 aliphatic carbocycles. The molecule has 3 nitrogen and oxygen atoms in total. The molecule has 0 saturated carbocycles. The highest BCUT2D eigenvalue weighted by Crippen LogP contribution is 2.30. The molecule has 0 fully saturated rings. The first-order valence-corrected chi connectivity index (χ1v) is 10.4. The molecule has 0 N–H and O–H groups in total. The maximum atomic E-state index is 12.6. The third-order valence-electron chi connectivity index (χ3n) is 5.63. The van der Waals surface area contributed by atoms with E-state index in [2.05, 4.69) is 54.1 Å². The molecule has 152 valence electrons. The van der Waals surface area contributed by atoms with Gasteiger partial charge in [-0.15, -0.1) is 0 Å². The van der Waals surface area contributed by atoms with Crippen LogP contribution in [0.4, 0.5) is 0 Å². The minimum Gasteiger partial charge on any atom is -0.422 e. The number of esters is 1. The molecule has 0 spiro atoms. The van der Waals surface area contributed by atoms with Crippen LogP contribution < -0.4 is 0 Å². The summed E-state index contributed by atoms with van der Waals surface area (Å²) in [6, 6.07) is 24.8. The Bertz CT molecular complexity index is 1350. The quantitative estimate of drug-likeness (QED) is 0.295. The van der Waals surface area contributed by atoms with Gasteiger partial charge in [-0.1, -0.05) is 77.9 Å². The van der Waals surface area contributed by atoms with E-state index in [4.69, 9.17) is 4.74 Å². The predicted molar refractivity (Wildman–Crippen MR) is 125 cm³/mol. The zero-order valence-electron chi connectivity index (χ0n) is 17.6. The first kappa shape index (κ1) is 19.1. The van der Waals surface area contributed by atoms with Crippen molar-refractivity contribution in [2.24, 2.45) is 0 Å². The second kappa shape index (κ2) is 7.77. The molecule has 3 heteroatoms. The number of carbonyl (C=O) groups is 1. The standard InChI is InChI=1S/C28H23NO2/c1-19-10-12-22(13-11-19)27-16-23(28(30)31-27)15-24-18-29(26-9-4-3-8-25(24)26)17-21-7-5-6-20(2)14-21/h3-16,18H,17H2,1-2H3/b23-15+. The van der Waals surface area contributed by atoms with Crippen LogP contribution in [0, 0.1) is 13.8 Å². The van der Waals surface area contributed by atoms with Crippen LogP contribution in [-0.4, -0.2) is 10.5 Å². The third kappa shape index (κ3) is 3.82. The van der Waals surface area contributed by atoms with Crippen molar-refractivity contribution in [3.63, 3.8) is 0 Å². The molecule has 0 amide bonds. The Kier molecular flexibility index (Phi) is 4.79. The number of rotatable bonds is 4. The van der Waals surface area contributed by atoms with Crippen LogP contribution in [0.15, 0.2) is 90.6 Å². The van der Waals surface area contributed by atoms with Gasteiger partial charge in [0.1, 0.15) is 5.76 Å². The average molecular weight is 405 g/mol. The van der Waals surface area contributed by atoms with Gasteiger partial charge in [-0.3, -0.25) is 0 Å². The Morgan fingerprint density at radius 1 is 0.903 bits per heavy atom. The van der Waals surface area contributed by atoms with Gasteiger partial charge in [-0.2, -0.15) is 0 Å². The molecule has 31 heavy (non-hydrogen) atoms. The van der Waals surface area contributed by atoms with E-state index < -0.39 is 0 Å². The number of fused-ring (bicyclic) bond motifs is 1. The van der Waals surface area contributed by atoms with E-state index in [9.17, 15) is 4.79 Å². The second-order valence-electron chi connectivity index (χ2n) is 8.08. The fraction of sp³-hybridized carbons (Fsp3) is 0.107. The molecule has 4 aromatic rings. The topological polar surface area (TPSA) is 31.2 Å². The number of benzene rings is 3. The number of aryl methyl sites for hydroxylation is 2. The lowest BCUT2D eigenvalue weighted by atomic mass is 10.1. The zero-order valence-corrected chi connectivity index (χ0v) is 17.6. The van der Waals surface area contributed by atoms with E-state index in [0.29, 0.717) is 11.3 Å². The van der Waals surface area contributed by atoms with Gasteiger partial charge in [0, 0.05) is 34.8 Å². The Labute approximate surface area is 181 Å². The maximum absolute atomic E-state index is 12.6. The molecule has 1 aliphatic heterocycles. The number of cyclic esters (lactones) is 1. The molecule has 0 saturated heterocycles. The predicted octanol–water partition coefficient (Wildman–Crippen LogP) is 6.29. The van der Waals surface area contributed by atoms with E-state index in [-0.39, 0.29) is 5.97 Å². The van der Waals surface area contributed by atoms with Crippen molar-refractivity contribution in [3.8, 4) is 0 Å². The van der Waals surface area contributed by atoms with E-state index in [0.717, 1.165) is 28.6 Å². The molecule has 0 bridgehead atoms. The fourth-order valence-electron chi connectivity index (χ4n) is 4.04. The summed E-state index contributed by atoms with van der Waals surface area (Å²) >= 11 is 0. The summed E-state index contributed by atoms with van der Waals surface area (Å²) in [4.78, 5) is 12.6. The molecule has 5 rings (SSSR count). The first-order valence-electron chi connectivity index (χ1n) is 10.4. The maximum Gasteiger partial charge on any atom is 0.343 e. The number of ether oxygens (including phenoxy) is 1. The van der Waals surface area contributed by atoms with Crippen LogP contribution in [0.2, 0.25) is 0 Å². The summed E-state index contributed by atoms with van der Waals surface area (Å²) in [5.74, 6) is 0.283. The van der Waals surface area contributed by atoms with Crippen molar-refractivity contribution in [2.75, 3.05) is 0 Å². The van der Waals surface area contributed by atoms with E-state index >= 15 is 0 Å². The summed E-state index contributed by atoms with van der Waals surface area (Å²) in [7, 11) is 0. The second-order valence-corrected chi connectivity index (χ2v) is 8.08. The summed E-state index contributed by atoms with van der Waals surface area (Å²) in [6.07, 6.45) is 5.88. The SMILES string of the molecule is Cc1ccc(C2=C/C(=C\c3cn(Cc4cccc(C)c4)c4ccccc34)C(=O)O2)cc1. The highest BCUT2D eigenvalue weighted by molar-refractivity contribution is 6.06. The number of carbonyl (C=O) groups excluding carboxylic acids is 1. The van der Waals surface area contributed by atoms with Gasteiger partial charge in [0.2, 0.25) is 0 Å². The largest absolute Gasteiger partial charge is 0.422 e. The van der Waals surface area contributed by atoms with Gasteiger partial charge < -0.3 is 9.30 Å². The van der Waals surface area contributed by atoms with Crippen molar-refractivity contribution < 1.29 is 9.53 Å². The van der Waals surface area contributed by atoms with Crippen molar-refractivity contribution in [3.05, 3.63) is 118 Å². The molecular formula is C28H23NO2. The zero-order chi connectivity index (χ0) is 21.4. The minimum atomic E-state index is -0.314. The molecule has 0 atom stereocenters. The molecule has 2 heterocycles. The smallest absolute Gasteiger partial charge is 0.343 e. The summed E-state index contributed by atoms with van der Waals surface area (Å²) in [6.45, 7) is 4.92. The number of nitrogens with zero attached hydrogens (tertiary/aromatic N) is 1. The summed E-state index contributed by atoms with van der Waals surface area (Å²) in [5.41, 5.74) is 7.30. The Morgan fingerprint density at radius 2 is 1.71 bits per heavy atom. The van der Waals surface area contributed by atoms with Gasteiger partial charge in [0.05, 0.1) is 5.57 Å². The van der Waals surface area contributed by atoms with Crippen molar-refractivity contribution in [1.82, 2.24) is 4.57 Å². The number of hydrogen-bond donors (Lipinski definition) is 0. The Morgan fingerprint density at radius 3 is 2.52 bits per heavy atom. The first-order chi connectivity index (χ1) is 15.1. The van der Waals surface area contributed by atoms with Crippen LogP contribution in [0.25, 0.3) is 22.7 Å². The van der Waals surface area contributed by atoms with E-state index in [1.807, 2.05) is 55.5 Å². The lowest BCUT2D eigenvalue weighted by Crippen LogP contribution is -1.98. The van der Waals surface area contributed by atoms with Crippen molar-refractivity contribution in [2.45, 2.75) is 20.4 Å². The molecule has 1 aliphatic rings. The molecule has 3 aromatic carbocycles. The highest BCUT2D eigenvalue weighted by atomic mass is 16.5. The monoisotopic (exact) mass is 405 g/mol. The van der Waals surface area contributed by atoms with Gasteiger partial charge in [-0.05, 0) is 37.6 Å². The van der Waals surface area contributed by atoms with Crippen LogP contribution in [0.1, 0.15) is 27.8 Å². The lowest BCUT2D eigenvalue weighted by Gasteiger charge is -2.06. The van der Waals surface area contributed by atoms with E-state index in [1.165, 1.54) is 16.7 Å². The van der Waals surface area contributed by atoms with Crippen LogP contribution in [0.5, 0.6) is 0 Å². The fourth-order valence-corrected chi connectivity index (χ4v) is 4.04. The Hall–Kier alpha value is -3.85. The minimum absolute atomic E-state index is 0.314. The molecular weight excluding hydrogens is 382 g/mol. The Balaban J connectivity index is 1.53.